The number of benzene rings is 1. The van der Waals surface area contributed by atoms with Crippen molar-refractivity contribution in [3.8, 4) is 11.5 Å². The fraction of sp³-hybridized carbons (Fsp3) is 0.333. The van der Waals surface area contributed by atoms with E-state index in [1.165, 1.54) is 19.2 Å². The normalized spacial score (nSPS) is 10.1. The molecule has 0 heterocycles. The molecule has 0 saturated heterocycles. The predicted molar refractivity (Wildman–Crippen MR) is 47.4 cm³/mol. The Kier molecular flexibility index (Phi) is 3.08. The first-order valence-corrected chi connectivity index (χ1v) is 3.89. The summed E-state index contributed by atoms with van der Waals surface area (Å²) in [7, 11) is 3.11. The lowest BCUT2D eigenvalue weighted by molar-refractivity contribution is 0.366. The summed E-state index contributed by atoms with van der Waals surface area (Å²) in [6, 6.07) is 2.66. The van der Waals surface area contributed by atoms with Crippen LogP contribution in [0.15, 0.2) is 12.1 Å². The molecule has 0 unspecified atom stereocenters. The number of hydrogen-bond acceptors (Lipinski definition) is 3. The lowest BCUT2D eigenvalue weighted by atomic mass is 10.1. The average molecular weight is 185 g/mol. The third-order valence-electron chi connectivity index (χ3n) is 1.76. The number of hydrogen-bond donors (Lipinski definition) is 2. The third kappa shape index (κ3) is 1.89. The molecule has 0 aliphatic carbocycles. The lowest BCUT2D eigenvalue weighted by Crippen LogP contribution is -2.07. The molecule has 0 bridgehead atoms. The molecule has 1 aromatic rings. The van der Waals surface area contributed by atoms with Gasteiger partial charge in [-0.05, 0) is 19.2 Å². The van der Waals surface area contributed by atoms with Crippen molar-refractivity contribution in [3.63, 3.8) is 0 Å². The Hall–Kier alpha value is -1.29. The Morgan fingerprint density at radius 1 is 1.54 bits per heavy atom. The number of rotatable bonds is 3. The Morgan fingerprint density at radius 2 is 2.23 bits per heavy atom. The molecule has 1 aromatic carbocycles. The zero-order chi connectivity index (χ0) is 9.84. The molecular formula is C9H12FNO2. The van der Waals surface area contributed by atoms with E-state index in [4.69, 9.17) is 4.74 Å². The topological polar surface area (TPSA) is 41.5 Å². The van der Waals surface area contributed by atoms with E-state index < -0.39 is 5.82 Å². The molecule has 1 rings (SSSR count). The van der Waals surface area contributed by atoms with Crippen LogP contribution < -0.4 is 10.1 Å². The number of ether oxygens (including phenoxy) is 1. The Labute approximate surface area is 76.1 Å². The van der Waals surface area contributed by atoms with Gasteiger partial charge in [0.25, 0.3) is 0 Å². The summed E-state index contributed by atoms with van der Waals surface area (Å²) < 4.78 is 17.9. The minimum atomic E-state index is -0.437. The van der Waals surface area contributed by atoms with Gasteiger partial charge in [-0.3, -0.25) is 0 Å². The van der Waals surface area contributed by atoms with E-state index >= 15 is 0 Å². The lowest BCUT2D eigenvalue weighted by Gasteiger charge is -2.09. The van der Waals surface area contributed by atoms with Crippen LogP contribution in [0, 0.1) is 5.82 Å². The second kappa shape index (κ2) is 4.09. The van der Waals surface area contributed by atoms with Crippen LogP contribution in [-0.2, 0) is 6.54 Å². The van der Waals surface area contributed by atoms with Crippen LogP contribution in [0.5, 0.6) is 11.5 Å². The summed E-state index contributed by atoms with van der Waals surface area (Å²) in [4.78, 5) is 0. The Bertz CT molecular complexity index is 302. The smallest absolute Gasteiger partial charge is 0.165 e. The molecule has 0 radical (unpaired) electrons. The van der Waals surface area contributed by atoms with Gasteiger partial charge in [-0.15, -0.1) is 0 Å². The van der Waals surface area contributed by atoms with E-state index in [1.807, 2.05) is 0 Å². The van der Waals surface area contributed by atoms with E-state index in [1.54, 1.807) is 7.05 Å². The molecule has 0 fully saturated rings. The number of aromatic hydroxyl groups is 1. The van der Waals surface area contributed by atoms with Gasteiger partial charge in [0.05, 0.1) is 7.11 Å². The number of phenolic OH excluding ortho intramolecular Hbond substituents is 1. The van der Waals surface area contributed by atoms with Crippen molar-refractivity contribution in [3.05, 3.63) is 23.5 Å². The maximum absolute atomic E-state index is 13.1. The molecule has 13 heavy (non-hydrogen) atoms. The van der Waals surface area contributed by atoms with Gasteiger partial charge < -0.3 is 15.2 Å². The summed E-state index contributed by atoms with van der Waals surface area (Å²) in [6.07, 6.45) is 0. The number of methoxy groups -OCH3 is 1. The first kappa shape index (κ1) is 9.80. The van der Waals surface area contributed by atoms with Crippen molar-refractivity contribution in [2.75, 3.05) is 14.2 Å². The fourth-order valence-electron chi connectivity index (χ4n) is 1.10. The number of halogens is 1. The summed E-state index contributed by atoms with van der Waals surface area (Å²) in [6.45, 7) is 0.273. The van der Waals surface area contributed by atoms with Crippen molar-refractivity contribution in [2.24, 2.45) is 0 Å². The van der Waals surface area contributed by atoms with Gasteiger partial charge in [0.1, 0.15) is 5.82 Å². The first-order valence-electron chi connectivity index (χ1n) is 3.89. The fourth-order valence-corrected chi connectivity index (χ4v) is 1.10. The van der Waals surface area contributed by atoms with Gasteiger partial charge in [0, 0.05) is 12.1 Å². The van der Waals surface area contributed by atoms with Crippen LogP contribution in [0.2, 0.25) is 0 Å². The van der Waals surface area contributed by atoms with Crippen LogP contribution in [-0.4, -0.2) is 19.3 Å². The SMILES string of the molecule is CNCc1c(F)ccc(OC)c1O. The van der Waals surface area contributed by atoms with E-state index in [2.05, 4.69) is 5.32 Å². The monoisotopic (exact) mass is 185 g/mol. The second-order valence-electron chi connectivity index (χ2n) is 2.61. The van der Waals surface area contributed by atoms with Crippen LogP contribution >= 0.6 is 0 Å². The van der Waals surface area contributed by atoms with Crippen molar-refractivity contribution >= 4 is 0 Å². The van der Waals surface area contributed by atoms with Gasteiger partial charge in [0.15, 0.2) is 11.5 Å². The standard InChI is InChI=1S/C9H12FNO2/c1-11-5-6-7(10)3-4-8(13-2)9(6)12/h3-4,11-12H,5H2,1-2H3. The zero-order valence-corrected chi connectivity index (χ0v) is 7.60. The van der Waals surface area contributed by atoms with E-state index in [0.29, 0.717) is 0 Å². The summed E-state index contributed by atoms with van der Waals surface area (Å²) in [5.41, 5.74) is 0.224. The van der Waals surface area contributed by atoms with E-state index in [0.717, 1.165) is 0 Å². The van der Waals surface area contributed by atoms with Crippen molar-refractivity contribution in [2.45, 2.75) is 6.54 Å². The minimum Gasteiger partial charge on any atom is -0.504 e. The molecule has 0 atom stereocenters. The average Bonchev–Trinajstić information content (AvgIpc) is 2.12. The van der Waals surface area contributed by atoms with Gasteiger partial charge in [-0.1, -0.05) is 0 Å². The van der Waals surface area contributed by atoms with E-state index in [-0.39, 0.29) is 23.6 Å². The maximum Gasteiger partial charge on any atom is 0.165 e. The molecule has 72 valence electrons. The highest BCUT2D eigenvalue weighted by Gasteiger charge is 2.11. The third-order valence-corrected chi connectivity index (χ3v) is 1.76. The predicted octanol–water partition coefficient (Wildman–Crippen LogP) is 1.26. The zero-order valence-electron chi connectivity index (χ0n) is 7.60. The summed E-state index contributed by atoms with van der Waals surface area (Å²) >= 11 is 0. The quantitative estimate of drug-likeness (QED) is 0.744. The first-order chi connectivity index (χ1) is 6.20. The molecule has 2 N–H and O–H groups in total. The highest BCUT2D eigenvalue weighted by molar-refractivity contribution is 5.46. The minimum absolute atomic E-state index is 0.142. The van der Waals surface area contributed by atoms with Crippen LogP contribution in [0.1, 0.15) is 5.56 Å². The number of phenols is 1. The molecule has 0 saturated carbocycles. The largest absolute Gasteiger partial charge is 0.504 e. The molecule has 4 heteroatoms. The van der Waals surface area contributed by atoms with Gasteiger partial charge in [0.2, 0.25) is 0 Å². The van der Waals surface area contributed by atoms with Crippen LogP contribution in [0.3, 0.4) is 0 Å². The van der Waals surface area contributed by atoms with Crippen LogP contribution in [0.25, 0.3) is 0 Å². The van der Waals surface area contributed by atoms with Gasteiger partial charge >= 0.3 is 0 Å². The maximum atomic E-state index is 13.1. The molecule has 0 spiro atoms. The summed E-state index contributed by atoms with van der Waals surface area (Å²) in [5, 5.41) is 12.3. The van der Waals surface area contributed by atoms with Crippen molar-refractivity contribution in [1.29, 1.82) is 0 Å². The molecule has 0 aromatic heterocycles. The molecule has 0 aliphatic heterocycles. The summed E-state index contributed by atoms with van der Waals surface area (Å²) in [5.74, 6) is -0.295. The van der Waals surface area contributed by atoms with Crippen molar-refractivity contribution in [1.82, 2.24) is 5.32 Å². The highest BCUT2D eigenvalue weighted by Crippen LogP contribution is 2.31. The number of nitrogens with one attached hydrogen (secondary N) is 1. The van der Waals surface area contributed by atoms with Gasteiger partial charge in [-0.2, -0.15) is 0 Å². The molecule has 0 aliphatic rings. The van der Waals surface area contributed by atoms with Crippen LogP contribution in [0.4, 0.5) is 4.39 Å². The molecule has 0 amide bonds. The second-order valence-corrected chi connectivity index (χ2v) is 2.61. The van der Waals surface area contributed by atoms with E-state index in [9.17, 15) is 9.50 Å². The molecular weight excluding hydrogens is 173 g/mol. The molecule has 3 nitrogen and oxygen atoms in total. The Morgan fingerprint density at radius 3 is 2.77 bits per heavy atom. The van der Waals surface area contributed by atoms with Crippen molar-refractivity contribution < 1.29 is 14.2 Å². The highest BCUT2D eigenvalue weighted by atomic mass is 19.1. The Balaban J connectivity index is 3.13. The van der Waals surface area contributed by atoms with Gasteiger partial charge in [-0.25, -0.2) is 4.39 Å².